The third-order valence-corrected chi connectivity index (χ3v) is 6.09. The molecule has 3 heterocycles. The minimum Gasteiger partial charge on any atom is -0.435 e. The van der Waals surface area contributed by atoms with E-state index in [1.165, 1.54) is 11.3 Å². The number of benzene rings is 1. The average Bonchev–Trinajstić information content (AvgIpc) is 3.39. The van der Waals surface area contributed by atoms with Crippen LogP contribution in [0.25, 0.3) is 11.3 Å². The molecule has 1 N–H and O–H groups in total. The van der Waals surface area contributed by atoms with Gasteiger partial charge < -0.3 is 14.1 Å². The molecule has 0 spiro atoms. The third kappa shape index (κ3) is 4.44. The van der Waals surface area contributed by atoms with E-state index in [2.05, 4.69) is 21.4 Å². The van der Waals surface area contributed by atoms with Crippen LogP contribution in [0, 0.1) is 6.92 Å². The first-order valence-electron chi connectivity index (χ1n) is 10.5. The Bertz CT molecular complexity index is 1150. The van der Waals surface area contributed by atoms with E-state index in [4.69, 9.17) is 9.15 Å². The number of rotatable bonds is 7. The zero-order valence-electron chi connectivity index (χ0n) is 18.6. The van der Waals surface area contributed by atoms with Crippen molar-refractivity contribution in [3.63, 3.8) is 0 Å². The van der Waals surface area contributed by atoms with Gasteiger partial charge in [0.1, 0.15) is 0 Å². The lowest BCUT2D eigenvalue weighted by atomic mass is 9.98. The van der Waals surface area contributed by atoms with Crippen LogP contribution in [0.5, 0.6) is 0 Å². The van der Waals surface area contributed by atoms with Crippen LogP contribution >= 0.6 is 11.3 Å². The largest absolute Gasteiger partial charge is 0.435 e. The predicted molar refractivity (Wildman–Crippen MR) is 123 cm³/mol. The maximum Gasteiger partial charge on any atom is 0.295 e. The van der Waals surface area contributed by atoms with Crippen LogP contribution in [0.3, 0.4) is 0 Å². The lowest BCUT2D eigenvalue weighted by Crippen LogP contribution is -2.37. The second-order valence-electron chi connectivity index (χ2n) is 8.00. The minimum atomic E-state index is -0.361. The Labute approximate surface area is 190 Å². The number of thiazole rings is 1. The fourth-order valence-electron chi connectivity index (χ4n) is 3.64. The summed E-state index contributed by atoms with van der Waals surface area (Å²) in [6, 6.07) is 5.98. The highest BCUT2D eigenvalue weighted by atomic mass is 32.1. The van der Waals surface area contributed by atoms with Crippen LogP contribution in [0.4, 0.5) is 10.8 Å². The Morgan fingerprint density at radius 1 is 1.31 bits per heavy atom. The molecule has 2 aromatic heterocycles. The van der Waals surface area contributed by atoms with Crippen LogP contribution in [-0.4, -0.2) is 42.0 Å². The number of nitrogens with zero attached hydrogens (tertiary/aromatic N) is 3. The van der Waals surface area contributed by atoms with Crippen molar-refractivity contribution in [1.82, 2.24) is 9.97 Å². The summed E-state index contributed by atoms with van der Waals surface area (Å²) in [5, 5.41) is 5.20. The van der Waals surface area contributed by atoms with E-state index in [1.54, 1.807) is 18.9 Å². The highest BCUT2D eigenvalue weighted by Crippen LogP contribution is 2.33. The van der Waals surface area contributed by atoms with Gasteiger partial charge >= 0.3 is 0 Å². The number of nitrogens with one attached hydrogen (secondary N) is 1. The molecule has 0 bridgehead atoms. The first-order valence-corrected chi connectivity index (χ1v) is 11.4. The average molecular weight is 455 g/mol. The van der Waals surface area contributed by atoms with Gasteiger partial charge in [0.15, 0.2) is 11.0 Å². The highest BCUT2D eigenvalue weighted by molar-refractivity contribution is 7.14. The molecule has 0 aliphatic carbocycles. The minimum absolute atomic E-state index is 0.103. The topological polar surface area (TPSA) is 97.6 Å². The number of fused-ring (bicyclic) bond motifs is 1. The summed E-state index contributed by atoms with van der Waals surface area (Å²) in [6.07, 6.45) is 1.18. The van der Waals surface area contributed by atoms with Gasteiger partial charge in [0.2, 0.25) is 11.7 Å². The summed E-state index contributed by atoms with van der Waals surface area (Å²) in [5.74, 6) is 0.607. The standard InChI is InChI=1S/C23H26N4O4S/c1-13(2)22-24-14(3)20(31-22)21(29)26-23-25-17(12-32-23)15-5-7-18-16(11-15)6-8-19(28)27(18)9-10-30-4/h5,7,11-13H,6,8-10H2,1-4H3,(H,25,26,29). The van der Waals surface area contributed by atoms with Gasteiger partial charge in [0.05, 0.1) is 18.0 Å². The summed E-state index contributed by atoms with van der Waals surface area (Å²) in [6.45, 7) is 6.71. The Kier molecular flexibility index (Phi) is 6.38. The van der Waals surface area contributed by atoms with Crippen LogP contribution in [0.1, 0.15) is 53.9 Å². The van der Waals surface area contributed by atoms with Gasteiger partial charge in [-0.05, 0) is 31.0 Å². The van der Waals surface area contributed by atoms with E-state index in [-0.39, 0.29) is 23.5 Å². The van der Waals surface area contributed by atoms with Gasteiger partial charge in [0.25, 0.3) is 5.91 Å². The molecule has 1 aliphatic heterocycles. The van der Waals surface area contributed by atoms with Crippen molar-refractivity contribution in [1.29, 1.82) is 0 Å². The van der Waals surface area contributed by atoms with Crippen molar-refractivity contribution in [3.8, 4) is 11.3 Å². The van der Waals surface area contributed by atoms with Crippen molar-refractivity contribution >= 4 is 34.0 Å². The molecule has 0 radical (unpaired) electrons. The van der Waals surface area contributed by atoms with Gasteiger partial charge in [-0.2, -0.15) is 0 Å². The normalized spacial score (nSPS) is 13.5. The molecule has 32 heavy (non-hydrogen) atoms. The monoisotopic (exact) mass is 454 g/mol. The molecular formula is C23H26N4O4S. The van der Waals surface area contributed by atoms with Crippen molar-refractivity contribution in [2.45, 2.75) is 39.5 Å². The van der Waals surface area contributed by atoms with Gasteiger partial charge in [-0.3, -0.25) is 14.9 Å². The summed E-state index contributed by atoms with van der Waals surface area (Å²) in [5.41, 5.74) is 4.30. The SMILES string of the molecule is COCCN1C(=O)CCc2cc(-c3csc(NC(=O)c4oc(C(C)C)nc4C)n3)ccc21. The smallest absolute Gasteiger partial charge is 0.295 e. The number of ether oxygens (including phenoxy) is 1. The summed E-state index contributed by atoms with van der Waals surface area (Å²) >= 11 is 1.35. The molecule has 3 aromatic rings. The lowest BCUT2D eigenvalue weighted by molar-refractivity contribution is -0.119. The van der Waals surface area contributed by atoms with E-state index in [0.717, 1.165) is 22.5 Å². The molecule has 4 rings (SSSR count). The number of methoxy groups -OCH3 is 1. The van der Waals surface area contributed by atoms with Crippen LogP contribution in [0.2, 0.25) is 0 Å². The summed E-state index contributed by atoms with van der Waals surface area (Å²) in [7, 11) is 1.63. The van der Waals surface area contributed by atoms with Crippen molar-refractivity contribution < 1.29 is 18.7 Å². The molecule has 1 aromatic carbocycles. The van der Waals surface area contributed by atoms with Gasteiger partial charge in [-0.1, -0.05) is 19.9 Å². The van der Waals surface area contributed by atoms with Gasteiger partial charge in [-0.25, -0.2) is 9.97 Å². The van der Waals surface area contributed by atoms with Crippen LogP contribution in [-0.2, 0) is 16.0 Å². The Hall–Kier alpha value is -3.04. The maximum atomic E-state index is 12.6. The lowest BCUT2D eigenvalue weighted by Gasteiger charge is -2.29. The highest BCUT2D eigenvalue weighted by Gasteiger charge is 2.25. The van der Waals surface area contributed by atoms with Crippen molar-refractivity contribution in [2.75, 3.05) is 30.5 Å². The van der Waals surface area contributed by atoms with E-state index in [1.807, 2.05) is 31.4 Å². The summed E-state index contributed by atoms with van der Waals surface area (Å²) in [4.78, 5) is 35.6. The van der Waals surface area contributed by atoms with Crippen LogP contribution < -0.4 is 10.2 Å². The predicted octanol–water partition coefficient (Wildman–Crippen LogP) is 4.41. The fourth-order valence-corrected chi connectivity index (χ4v) is 4.35. The number of hydrogen-bond donors (Lipinski definition) is 1. The molecule has 1 aliphatic rings. The number of oxazole rings is 1. The van der Waals surface area contributed by atoms with Crippen molar-refractivity contribution in [2.24, 2.45) is 0 Å². The Balaban J connectivity index is 1.51. The van der Waals surface area contributed by atoms with Crippen LogP contribution in [0.15, 0.2) is 28.0 Å². The molecule has 8 nitrogen and oxygen atoms in total. The number of anilines is 2. The third-order valence-electron chi connectivity index (χ3n) is 5.33. The fraction of sp³-hybridized carbons (Fsp3) is 0.391. The molecule has 0 fully saturated rings. The maximum absolute atomic E-state index is 12.6. The second kappa shape index (κ2) is 9.22. The second-order valence-corrected chi connectivity index (χ2v) is 8.85. The number of carbonyl (C=O) groups is 2. The molecule has 0 atom stereocenters. The molecular weight excluding hydrogens is 428 g/mol. The zero-order chi connectivity index (χ0) is 22.8. The van der Waals surface area contributed by atoms with Crippen molar-refractivity contribution in [3.05, 3.63) is 46.5 Å². The molecule has 168 valence electrons. The van der Waals surface area contributed by atoms with Gasteiger partial charge in [0, 0.05) is 42.6 Å². The molecule has 0 saturated heterocycles. The first-order chi connectivity index (χ1) is 15.4. The molecule has 0 unspecified atom stereocenters. The molecule has 9 heteroatoms. The quantitative estimate of drug-likeness (QED) is 0.568. The number of aromatic nitrogens is 2. The first kappa shape index (κ1) is 22.2. The summed E-state index contributed by atoms with van der Waals surface area (Å²) < 4.78 is 10.8. The van der Waals surface area contributed by atoms with E-state index in [0.29, 0.717) is 42.7 Å². The molecule has 0 saturated carbocycles. The molecule has 2 amide bonds. The van der Waals surface area contributed by atoms with E-state index < -0.39 is 0 Å². The number of hydrogen-bond acceptors (Lipinski definition) is 7. The van der Waals surface area contributed by atoms with Gasteiger partial charge in [-0.15, -0.1) is 11.3 Å². The number of aryl methyl sites for hydroxylation is 2. The van der Waals surface area contributed by atoms with E-state index in [9.17, 15) is 9.59 Å². The van der Waals surface area contributed by atoms with E-state index >= 15 is 0 Å². The number of carbonyl (C=O) groups excluding carboxylic acids is 2. The number of amides is 2. The Morgan fingerprint density at radius 3 is 2.84 bits per heavy atom. The zero-order valence-corrected chi connectivity index (χ0v) is 19.4. The Morgan fingerprint density at radius 2 is 2.12 bits per heavy atom.